The van der Waals surface area contributed by atoms with E-state index in [1.165, 1.54) is 88.5 Å². The van der Waals surface area contributed by atoms with Crippen molar-refractivity contribution < 1.29 is 8.83 Å². The number of rotatable bonds is 1. The van der Waals surface area contributed by atoms with Crippen LogP contribution in [-0.4, -0.2) is 11.4 Å². The summed E-state index contributed by atoms with van der Waals surface area (Å²) < 4.78 is 16.4. The van der Waals surface area contributed by atoms with E-state index in [4.69, 9.17) is 8.83 Å². The minimum Gasteiger partial charge on any atom is -0.456 e. The van der Waals surface area contributed by atoms with Crippen molar-refractivity contribution in [2.75, 3.05) is 4.81 Å². The Hall–Kier alpha value is -6.98. The highest BCUT2D eigenvalue weighted by molar-refractivity contribution is 6.94. The van der Waals surface area contributed by atoms with E-state index in [9.17, 15) is 0 Å². The quantitative estimate of drug-likeness (QED) is 0.154. The lowest BCUT2D eigenvalue weighted by Gasteiger charge is -2.43. The van der Waals surface area contributed by atoms with Crippen LogP contribution in [0.25, 0.3) is 93.6 Å². The monoisotopic (exact) mass is 880 g/mol. The van der Waals surface area contributed by atoms with E-state index in [2.05, 4.69) is 205 Å². The summed E-state index contributed by atoms with van der Waals surface area (Å²) in [5.74, 6) is 0. The molecule has 2 aliphatic carbocycles. The van der Waals surface area contributed by atoms with Gasteiger partial charge in [0.25, 0.3) is 0 Å². The maximum atomic E-state index is 6.85. The van der Waals surface area contributed by atoms with Gasteiger partial charge in [-0.15, -0.1) is 0 Å². The first-order chi connectivity index (χ1) is 32.6. The standard InChI is InChI=1S/C63H53BN2O2/c1-60(2,3)34-22-24-35(25-23-34)66-48-32-52-39(36-16-11-14-20-50(36)67-52)28-41(48)56-57-54(38-18-10-13-19-43(38)63(57,8)9)55-42-29-44-45(62(6,7)27-26-61(44,4)5)31-47(42)65-49-33-53-40(37-17-12-15-21-51(37)68-53)30-46(49)64(66)58(56)59(55)65/h10-25,28-33H,26-27H2,1-9H3. The van der Waals surface area contributed by atoms with Crippen LogP contribution in [0.2, 0.25) is 0 Å². The smallest absolute Gasteiger partial charge is 0.333 e. The Kier molecular flexibility index (Phi) is 7.11. The van der Waals surface area contributed by atoms with Crippen molar-refractivity contribution in [1.82, 2.24) is 4.57 Å². The van der Waals surface area contributed by atoms with Gasteiger partial charge in [-0.3, -0.25) is 0 Å². The molecule has 0 atom stereocenters. The molecule has 11 aromatic rings. The Labute approximate surface area is 397 Å². The molecule has 2 aliphatic heterocycles. The van der Waals surface area contributed by atoms with Crippen LogP contribution < -0.4 is 15.7 Å². The van der Waals surface area contributed by atoms with Crippen LogP contribution in [0, 0.1) is 0 Å². The first-order valence-corrected chi connectivity index (χ1v) is 24.7. The Morgan fingerprint density at radius 1 is 0.529 bits per heavy atom. The summed E-state index contributed by atoms with van der Waals surface area (Å²) in [5.41, 5.74) is 24.6. The number of nitrogens with zero attached hydrogens (tertiary/aromatic N) is 2. The zero-order valence-electron chi connectivity index (χ0n) is 40.4. The molecule has 0 N–H and O–H groups in total. The van der Waals surface area contributed by atoms with E-state index in [0.29, 0.717) is 0 Å². The van der Waals surface area contributed by atoms with Gasteiger partial charge in [-0.25, -0.2) is 0 Å². The van der Waals surface area contributed by atoms with E-state index >= 15 is 0 Å². The predicted molar refractivity (Wildman–Crippen MR) is 286 cm³/mol. The molecule has 0 amide bonds. The summed E-state index contributed by atoms with van der Waals surface area (Å²) in [6, 6.07) is 50.8. The molecule has 68 heavy (non-hydrogen) atoms. The van der Waals surface area contributed by atoms with E-state index < -0.39 is 0 Å². The summed E-state index contributed by atoms with van der Waals surface area (Å²) in [4.78, 5) is 2.67. The molecule has 5 heterocycles. The second-order valence-electron chi connectivity index (χ2n) is 23.5. The van der Waals surface area contributed by atoms with Crippen molar-refractivity contribution in [2.45, 2.75) is 96.8 Å². The third kappa shape index (κ3) is 4.73. The maximum Gasteiger partial charge on any atom is 0.333 e. The number of aromatic nitrogens is 1. The maximum absolute atomic E-state index is 6.85. The molecule has 0 saturated heterocycles. The number of hydrogen-bond donors (Lipinski definition) is 0. The third-order valence-electron chi connectivity index (χ3n) is 17.3. The summed E-state index contributed by atoms with van der Waals surface area (Å²) >= 11 is 0. The van der Waals surface area contributed by atoms with E-state index in [1.807, 2.05) is 0 Å². The van der Waals surface area contributed by atoms with Crippen LogP contribution in [0.15, 0.2) is 142 Å². The molecule has 0 radical (unpaired) electrons. The molecule has 5 heteroatoms. The Balaban J connectivity index is 1.21. The van der Waals surface area contributed by atoms with Gasteiger partial charge in [-0.1, -0.05) is 141 Å². The average molecular weight is 881 g/mol. The lowest BCUT2D eigenvalue weighted by atomic mass is 9.43. The zero-order valence-corrected chi connectivity index (χ0v) is 40.4. The predicted octanol–water partition coefficient (Wildman–Crippen LogP) is 15.8. The number of anilines is 2. The highest BCUT2D eigenvalue weighted by Crippen LogP contribution is 2.60. The molecule has 15 rings (SSSR count). The zero-order chi connectivity index (χ0) is 46.1. The summed E-state index contributed by atoms with van der Waals surface area (Å²) in [6.07, 6.45) is 2.31. The minimum atomic E-state index is -0.299. The highest BCUT2D eigenvalue weighted by atomic mass is 16.3. The summed E-state index contributed by atoms with van der Waals surface area (Å²) in [5, 5.41) is 7.30. The third-order valence-corrected chi connectivity index (χ3v) is 17.3. The SMILES string of the molecule is CC(C)(C)c1ccc(N2B3c4cc5c(cc4-n4c6cc7c(cc6c6c8c(c(c3c64)-c3cc4c(cc32)oc2ccccc24)C(C)(C)c2ccccc2-8)C(C)(C)CCC7(C)C)oc2ccccc25)cc1. The number of hydrogen-bond acceptors (Lipinski definition) is 3. The number of benzene rings is 8. The van der Waals surface area contributed by atoms with Gasteiger partial charge in [-0.2, -0.15) is 0 Å². The topological polar surface area (TPSA) is 34.5 Å². The van der Waals surface area contributed by atoms with Crippen LogP contribution >= 0.6 is 0 Å². The largest absolute Gasteiger partial charge is 0.456 e. The molecule has 0 saturated carbocycles. The Bertz CT molecular complexity index is 4110. The van der Waals surface area contributed by atoms with Gasteiger partial charge in [0.05, 0.1) is 11.0 Å². The summed E-state index contributed by atoms with van der Waals surface area (Å²) in [7, 11) is 0. The molecule has 0 unspecified atom stereocenters. The van der Waals surface area contributed by atoms with Crippen LogP contribution in [-0.2, 0) is 21.7 Å². The number of fused-ring (bicyclic) bond motifs is 20. The Morgan fingerprint density at radius 3 is 1.81 bits per heavy atom. The fraction of sp³-hybridized carbons (Fsp3) is 0.238. The molecule has 0 spiro atoms. The van der Waals surface area contributed by atoms with Crippen molar-refractivity contribution in [2.24, 2.45) is 0 Å². The van der Waals surface area contributed by atoms with Crippen molar-refractivity contribution in [3.63, 3.8) is 0 Å². The first-order valence-electron chi connectivity index (χ1n) is 24.7. The molecule has 330 valence electrons. The molecular formula is C63H53BN2O2. The van der Waals surface area contributed by atoms with Gasteiger partial charge >= 0.3 is 6.85 Å². The fourth-order valence-electron chi connectivity index (χ4n) is 13.8. The van der Waals surface area contributed by atoms with Gasteiger partial charge in [0.2, 0.25) is 0 Å². The number of furan rings is 2. The van der Waals surface area contributed by atoms with E-state index in [0.717, 1.165) is 68.1 Å². The van der Waals surface area contributed by atoms with Crippen LogP contribution in [0.4, 0.5) is 11.4 Å². The van der Waals surface area contributed by atoms with Crippen molar-refractivity contribution in [3.8, 4) is 27.9 Å². The Morgan fingerprint density at radius 2 is 1.13 bits per heavy atom. The van der Waals surface area contributed by atoms with Crippen molar-refractivity contribution in [3.05, 3.63) is 161 Å². The molecule has 0 fully saturated rings. The van der Waals surface area contributed by atoms with Crippen molar-refractivity contribution >= 4 is 94.8 Å². The minimum absolute atomic E-state index is 0.00724. The highest BCUT2D eigenvalue weighted by Gasteiger charge is 2.51. The number of para-hydroxylation sites is 2. The van der Waals surface area contributed by atoms with Crippen LogP contribution in [0.5, 0.6) is 0 Å². The fourth-order valence-corrected chi connectivity index (χ4v) is 13.8. The summed E-state index contributed by atoms with van der Waals surface area (Å²) in [6.45, 7) is 21.6. The normalized spacial score (nSPS) is 17.1. The van der Waals surface area contributed by atoms with Gasteiger partial charge < -0.3 is 18.2 Å². The van der Waals surface area contributed by atoms with Gasteiger partial charge in [0.1, 0.15) is 22.3 Å². The molecule has 3 aromatic heterocycles. The average Bonchev–Trinajstić information content (AvgIpc) is 4.04. The van der Waals surface area contributed by atoms with Gasteiger partial charge in [0.15, 0.2) is 0 Å². The molecule has 4 aliphatic rings. The van der Waals surface area contributed by atoms with Crippen LogP contribution in [0.1, 0.15) is 103 Å². The second-order valence-corrected chi connectivity index (χ2v) is 23.5. The van der Waals surface area contributed by atoms with Gasteiger partial charge in [-0.05, 0) is 127 Å². The molecule has 8 aromatic carbocycles. The first kappa shape index (κ1) is 39.1. The van der Waals surface area contributed by atoms with E-state index in [-0.39, 0.29) is 28.5 Å². The molecular weight excluding hydrogens is 828 g/mol. The molecule has 0 bridgehead atoms. The lowest BCUT2D eigenvalue weighted by Crippen LogP contribution is -2.61. The van der Waals surface area contributed by atoms with E-state index in [1.54, 1.807) is 0 Å². The molecule has 4 nitrogen and oxygen atoms in total. The van der Waals surface area contributed by atoms with Crippen LogP contribution in [0.3, 0.4) is 0 Å². The van der Waals surface area contributed by atoms with Crippen molar-refractivity contribution in [1.29, 1.82) is 0 Å². The van der Waals surface area contributed by atoms with Gasteiger partial charge in [0, 0.05) is 72.5 Å². The second kappa shape index (κ2) is 12.4. The lowest BCUT2D eigenvalue weighted by molar-refractivity contribution is 0.332.